The molecule has 9 heteroatoms. The third kappa shape index (κ3) is 3.79. The van der Waals surface area contributed by atoms with E-state index in [1.807, 2.05) is 19.9 Å². The minimum absolute atomic E-state index is 0.199. The van der Waals surface area contributed by atoms with Crippen molar-refractivity contribution < 1.29 is 14.3 Å². The van der Waals surface area contributed by atoms with Crippen LogP contribution in [0.25, 0.3) is 26.1 Å². The zero-order valence-corrected chi connectivity index (χ0v) is 19.4. The zero-order chi connectivity index (χ0) is 22.3. The van der Waals surface area contributed by atoms with E-state index in [0.717, 1.165) is 21.5 Å². The number of carbonyl (C=O) groups excluding carboxylic acids is 1. The summed E-state index contributed by atoms with van der Waals surface area (Å²) >= 11 is 2.53. The van der Waals surface area contributed by atoms with E-state index in [9.17, 15) is 9.59 Å². The molecule has 0 amide bonds. The number of pyridine rings is 1. The minimum atomic E-state index is -0.537. The van der Waals surface area contributed by atoms with Crippen LogP contribution in [0.2, 0.25) is 0 Å². The molecule has 4 rings (SSSR count). The lowest BCUT2D eigenvalue weighted by atomic mass is 10.1. The number of carbonyl (C=O) groups is 1. The summed E-state index contributed by atoms with van der Waals surface area (Å²) in [5, 5.41) is 0.752. The molecule has 0 aliphatic heterocycles. The number of nitrogens with zero attached hydrogens (tertiary/aromatic N) is 3. The molecule has 0 saturated heterocycles. The van der Waals surface area contributed by atoms with Crippen molar-refractivity contribution >= 4 is 49.5 Å². The highest BCUT2D eigenvalue weighted by Crippen LogP contribution is 2.35. The third-order valence-electron chi connectivity index (χ3n) is 4.90. The smallest absolute Gasteiger partial charge is 0.318 e. The van der Waals surface area contributed by atoms with Crippen molar-refractivity contribution in [2.24, 2.45) is 0 Å². The fourth-order valence-electron chi connectivity index (χ4n) is 3.42. The van der Waals surface area contributed by atoms with Gasteiger partial charge in [-0.25, -0.2) is 9.97 Å². The van der Waals surface area contributed by atoms with E-state index >= 15 is 0 Å². The SMILES string of the molecule is COC(=O)[C@@H](C)Sc1nc2c(sc3nc(C)cc(C)c32)c(=O)n1-c1ccc(OC)cc1. The van der Waals surface area contributed by atoms with Gasteiger partial charge < -0.3 is 9.47 Å². The Bertz CT molecular complexity index is 1360. The maximum atomic E-state index is 13.6. The van der Waals surface area contributed by atoms with Crippen molar-refractivity contribution in [1.82, 2.24) is 14.5 Å². The lowest BCUT2D eigenvalue weighted by Gasteiger charge is -2.15. The molecule has 0 unspecified atom stereocenters. The second kappa shape index (κ2) is 8.32. The second-order valence-corrected chi connectivity index (χ2v) is 9.36. The summed E-state index contributed by atoms with van der Waals surface area (Å²) in [7, 11) is 2.93. The zero-order valence-electron chi connectivity index (χ0n) is 17.8. The van der Waals surface area contributed by atoms with Crippen molar-refractivity contribution in [3.05, 3.63) is 51.9 Å². The van der Waals surface area contributed by atoms with Crippen molar-refractivity contribution in [2.45, 2.75) is 31.2 Å². The van der Waals surface area contributed by atoms with E-state index < -0.39 is 5.25 Å². The Hall–Kier alpha value is -2.91. The van der Waals surface area contributed by atoms with E-state index in [1.54, 1.807) is 38.3 Å². The van der Waals surface area contributed by atoms with Crippen molar-refractivity contribution in [3.63, 3.8) is 0 Å². The molecule has 0 fully saturated rings. The maximum Gasteiger partial charge on any atom is 0.318 e. The molecule has 0 bridgehead atoms. The molecule has 160 valence electrons. The highest BCUT2D eigenvalue weighted by Gasteiger charge is 2.23. The summed E-state index contributed by atoms with van der Waals surface area (Å²) in [5.74, 6) is 0.296. The highest BCUT2D eigenvalue weighted by atomic mass is 32.2. The van der Waals surface area contributed by atoms with E-state index in [2.05, 4.69) is 4.98 Å². The van der Waals surface area contributed by atoms with Crippen LogP contribution < -0.4 is 10.3 Å². The van der Waals surface area contributed by atoms with Crippen LogP contribution in [-0.4, -0.2) is 40.0 Å². The summed E-state index contributed by atoms with van der Waals surface area (Å²) in [6, 6.07) is 9.13. The van der Waals surface area contributed by atoms with E-state index in [4.69, 9.17) is 14.5 Å². The molecule has 31 heavy (non-hydrogen) atoms. The van der Waals surface area contributed by atoms with Gasteiger partial charge in [-0.05, 0) is 56.7 Å². The van der Waals surface area contributed by atoms with Crippen LogP contribution >= 0.6 is 23.1 Å². The van der Waals surface area contributed by atoms with Crippen LogP contribution in [0.5, 0.6) is 5.75 Å². The topological polar surface area (TPSA) is 83.3 Å². The lowest BCUT2D eigenvalue weighted by molar-refractivity contribution is -0.139. The number of fused-ring (bicyclic) bond motifs is 3. The predicted octanol–water partition coefficient (Wildman–Crippen LogP) is 4.27. The summed E-state index contributed by atoms with van der Waals surface area (Å²) in [6.07, 6.45) is 0. The molecule has 1 aromatic carbocycles. The number of thioether (sulfide) groups is 1. The number of esters is 1. The number of benzene rings is 1. The van der Waals surface area contributed by atoms with Crippen LogP contribution in [0.3, 0.4) is 0 Å². The summed E-state index contributed by atoms with van der Waals surface area (Å²) in [6.45, 7) is 5.65. The number of rotatable bonds is 5. The molecule has 0 aliphatic carbocycles. The fourth-order valence-corrected chi connectivity index (χ4v) is 5.53. The normalized spacial score (nSPS) is 12.3. The van der Waals surface area contributed by atoms with Crippen LogP contribution in [0.1, 0.15) is 18.2 Å². The number of thiophene rings is 1. The maximum absolute atomic E-state index is 13.6. The average Bonchev–Trinajstić information content (AvgIpc) is 3.12. The van der Waals surface area contributed by atoms with Gasteiger partial charge in [-0.3, -0.25) is 14.2 Å². The second-order valence-electron chi connectivity index (χ2n) is 7.06. The van der Waals surface area contributed by atoms with E-state index in [0.29, 0.717) is 26.8 Å². The first-order chi connectivity index (χ1) is 14.8. The molecular weight excluding hydrogens is 434 g/mol. The Kier molecular flexibility index (Phi) is 5.72. The Labute approximate surface area is 187 Å². The molecule has 1 atom stereocenters. The molecule has 7 nitrogen and oxygen atoms in total. The largest absolute Gasteiger partial charge is 0.497 e. The van der Waals surface area contributed by atoms with Crippen molar-refractivity contribution in [3.8, 4) is 11.4 Å². The van der Waals surface area contributed by atoms with Gasteiger partial charge in [-0.15, -0.1) is 11.3 Å². The lowest BCUT2D eigenvalue weighted by Crippen LogP contribution is -2.23. The number of hydrogen-bond acceptors (Lipinski definition) is 8. The number of aryl methyl sites for hydroxylation is 2. The van der Waals surface area contributed by atoms with Gasteiger partial charge >= 0.3 is 5.97 Å². The quantitative estimate of drug-likeness (QED) is 0.252. The number of aromatic nitrogens is 3. The molecular formula is C22H21N3O4S2. The molecule has 0 N–H and O–H groups in total. The summed E-state index contributed by atoms with van der Waals surface area (Å²) in [5.41, 5.74) is 2.95. The van der Waals surface area contributed by atoms with Crippen molar-refractivity contribution in [2.75, 3.05) is 14.2 Å². The van der Waals surface area contributed by atoms with Crippen molar-refractivity contribution in [1.29, 1.82) is 0 Å². The molecule has 3 heterocycles. The number of ether oxygens (including phenoxy) is 2. The van der Waals surface area contributed by atoms with Crippen LogP contribution in [-0.2, 0) is 9.53 Å². The van der Waals surface area contributed by atoms with Gasteiger partial charge in [0, 0.05) is 11.1 Å². The Morgan fingerprint density at radius 3 is 2.52 bits per heavy atom. The van der Waals surface area contributed by atoms with Gasteiger partial charge in [0.25, 0.3) is 5.56 Å². The van der Waals surface area contributed by atoms with Gasteiger partial charge in [0.1, 0.15) is 20.5 Å². The van der Waals surface area contributed by atoms with Gasteiger partial charge in [0.2, 0.25) is 0 Å². The van der Waals surface area contributed by atoms with Gasteiger partial charge in [-0.2, -0.15) is 0 Å². The van der Waals surface area contributed by atoms with Crippen LogP contribution in [0.4, 0.5) is 0 Å². The monoisotopic (exact) mass is 455 g/mol. The minimum Gasteiger partial charge on any atom is -0.497 e. The molecule has 4 aromatic rings. The Morgan fingerprint density at radius 2 is 1.87 bits per heavy atom. The predicted molar refractivity (Wildman–Crippen MR) is 124 cm³/mol. The standard InChI is InChI=1S/C22H21N3O4S2/c1-11-10-12(2)23-19-16(11)17-18(31-19)20(26)25(14-6-8-15(28-4)9-7-14)22(24-17)30-13(3)21(27)29-5/h6-10,13H,1-5H3/t13-/m1/s1. The Balaban J connectivity index is 2.02. The molecule has 0 spiro atoms. The average molecular weight is 456 g/mol. The fraction of sp³-hybridized carbons (Fsp3) is 0.273. The molecule has 0 saturated carbocycles. The number of methoxy groups -OCH3 is 2. The van der Waals surface area contributed by atoms with Gasteiger partial charge in [0.15, 0.2) is 5.16 Å². The molecule has 0 aliphatic rings. The Morgan fingerprint density at radius 1 is 1.16 bits per heavy atom. The molecule has 0 radical (unpaired) electrons. The van der Waals surface area contributed by atoms with E-state index in [1.165, 1.54) is 34.8 Å². The third-order valence-corrected chi connectivity index (χ3v) is 7.00. The molecule has 3 aromatic heterocycles. The van der Waals surface area contributed by atoms with Gasteiger partial charge in [0.05, 0.1) is 25.4 Å². The van der Waals surface area contributed by atoms with E-state index in [-0.39, 0.29) is 11.5 Å². The van der Waals surface area contributed by atoms with Crippen LogP contribution in [0, 0.1) is 13.8 Å². The summed E-state index contributed by atoms with van der Waals surface area (Å²) < 4.78 is 12.2. The first-order valence-corrected chi connectivity index (χ1v) is 11.3. The number of hydrogen-bond donors (Lipinski definition) is 0. The first-order valence-electron chi connectivity index (χ1n) is 9.56. The first kappa shape index (κ1) is 21.3. The highest BCUT2D eigenvalue weighted by molar-refractivity contribution is 8.00. The van der Waals surface area contributed by atoms with Crippen LogP contribution in [0.15, 0.2) is 40.3 Å². The van der Waals surface area contributed by atoms with Gasteiger partial charge in [-0.1, -0.05) is 11.8 Å². The summed E-state index contributed by atoms with van der Waals surface area (Å²) in [4.78, 5) is 35.9.